The molecule has 6 heteroatoms. The Balaban J connectivity index is 2.79. The van der Waals surface area contributed by atoms with Gasteiger partial charge in [-0.25, -0.2) is 17.9 Å². The molecule has 5 nitrogen and oxygen atoms in total. The molecule has 0 atom stereocenters. The molecule has 15 heavy (non-hydrogen) atoms. The number of carboxylic acids is 1. The van der Waals surface area contributed by atoms with Crippen LogP contribution in [0.5, 0.6) is 0 Å². The summed E-state index contributed by atoms with van der Waals surface area (Å²) in [6.07, 6.45) is 1.05. The molecule has 0 heterocycles. The predicted octanol–water partition coefficient (Wildman–Crippen LogP) is 0.434. The van der Waals surface area contributed by atoms with Gasteiger partial charge in [0.05, 0.1) is 11.8 Å². The maximum absolute atomic E-state index is 10.8. The number of rotatable bonds is 4. The maximum Gasteiger partial charge on any atom is 0.335 e. The summed E-state index contributed by atoms with van der Waals surface area (Å²) in [7, 11) is -3.25. The van der Waals surface area contributed by atoms with Crippen molar-refractivity contribution in [1.29, 1.82) is 0 Å². The normalized spacial score (nSPS) is 11.3. The average Bonchev–Trinajstić information content (AvgIpc) is 2.14. The molecule has 0 saturated carbocycles. The van der Waals surface area contributed by atoms with E-state index >= 15 is 0 Å². The fourth-order valence-corrected chi connectivity index (χ4v) is 1.46. The minimum atomic E-state index is -3.25. The fourth-order valence-electron chi connectivity index (χ4n) is 1.03. The molecule has 0 aliphatic carbocycles. The highest BCUT2D eigenvalue weighted by molar-refractivity contribution is 7.88. The third kappa shape index (κ3) is 4.09. The summed E-state index contributed by atoms with van der Waals surface area (Å²) in [5.74, 6) is -1.03. The third-order valence-corrected chi connectivity index (χ3v) is 2.38. The van der Waals surface area contributed by atoms with Crippen molar-refractivity contribution >= 4 is 16.0 Å². The van der Waals surface area contributed by atoms with E-state index in [0.29, 0.717) is 5.56 Å². The molecule has 2 N–H and O–H groups in total. The first-order valence-electron chi connectivity index (χ1n) is 4.15. The van der Waals surface area contributed by atoms with Crippen molar-refractivity contribution in [2.24, 2.45) is 0 Å². The monoisotopic (exact) mass is 229 g/mol. The predicted molar refractivity (Wildman–Crippen MR) is 55.1 cm³/mol. The summed E-state index contributed by atoms with van der Waals surface area (Å²) in [6.45, 7) is 0.0972. The molecule has 0 saturated heterocycles. The van der Waals surface area contributed by atoms with Crippen molar-refractivity contribution in [3.05, 3.63) is 35.4 Å². The Morgan fingerprint density at radius 3 is 2.67 bits per heavy atom. The lowest BCUT2D eigenvalue weighted by molar-refractivity contribution is 0.0696. The molecule has 0 fully saturated rings. The Labute approximate surface area is 87.8 Å². The van der Waals surface area contributed by atoms with Gasteiger partial charge in [-0.1, -0.05) is 12.1 Å². The number of sulfonamides is 1. The highest BCUT2D eigenvalue weighted by atomic mass is 32.2. The Hall–Kier alpha value is -1.40. The number of carbonyl (C=O) groups is 1. The van der Waals surface area contributed by atoms with Crippen LogP contribution >= 0.6 is 0 Å². The number of nitrogens with one attached hydrogen (secondary N) is 1. The van der Waals surface area contributed by atoms with Crippen LogP contribution in [-0.4, -0.2) is 25.7 Å². The lowest BCUT2D eigenvalue weighted by Gasteiger charge is -2.03. The number of hydrogen-bond donors (Lipinski definition) is 2. The summed E-state index contributed by atoms with van der Waals surface area (Å²) >= 11 is 0. The number of aromatic carboxylic acids is 1. The second kappa shape index (κ2) is 4.41. The summed E-state index contributed by atoms with van der Waals surface area (Å²) in [4.78, 5) is 10.6. The lowest BCUT2D eigenvalue weighted by Crippen LogP contribution is -2.21. The fraction of sp³-hybridized carbons (Fsp3) is 0.222. The Bertz CT molecular complexity index is 467. The molecule has 1 rings (SSSR count). The Kier molecular flexibility index (Phi) is 3.43. The maximum atomic E-state index is 10.8. The molecule has 1 aromatic carbocycles. The van der Waals surface area contributed by atoms with Crippen LogP contribution in [-0.2, 0) is 16.6 Å². The highest BCUT2D eigenvalue weighted by Gasteiger charge is 2.04. The largest absolute Gasteiger partial charge is 0.478 e. The molecule has 0 spiro atoms. The molecule has 0 aliphatic heterocycles. The van der Waals surface area contributed by atoms with Crippen LogP contribution in [0.2, 0.25) is 0 Å². The van der Waals surface area contributed by atoms with Gasteiger partial charge in [0.2, 0.25) is 10.0 Å². The van der Waals surface area contributed by atoms with Crippen molar-refractivity contribution < 1.29 is 18.3 Å². The smallest absolute Gasteiger partial charge is 0.335 e. The van der Waals surface area contributed by atoms with Gasteiger partial charge >= 0.3 is 5.97 Å². The first-order chi connectivity index (χ1) is 6.88. The number of benzene rings is 1. The molecule has 0 radical (unpaired) electrons. The van der Waals surface area contributed by atoms with Gasteiger partial charge in [-0.2, -0.15) is 0 Å². The zero-order chi connectivity index (χ0) is 11.5. The van der Waals surface area contributed by atoms with Gasteiger partial charge in [0.15, 0.2) is 0 Å². The Morgan fingerprint density at radius 1 is 1.47 bits per heavy atom. The minimum absolute atomic E-state index is 0.0972. The second-order valence-electron chi connectivity index (χ2n) is 3.10. The van der Waals surface area contributed by atoms with Crippen LogP contribution in [0.15, 0.2) is 24.3 Å². The SMILES string of the molecule is CS(=O)(=O)NCc1cccc(C(=O)O)c1. The van der Waals surface area contributed by atoms with Crippen molar-refractivity contribution in [1.82, 2.24) is 4.72 Å². The summed E-state index contributed by atoms with van der Waals surface area (Å²) in [6, 6.07) is 6.11. The van der Waals surface area contributed by atoms with E-state index in [2.05, 4.69) is 4.72 Å². The summed E-state index contributed by atoms with van der Waals surface area (Å²) in [5, 5.41) is 8.70. The topological polar surface area (TPSA) is 83.5 Å². The van der Waals surface area contributed by atoms with E-state index in [-0.39, 0.29) is 12.1 Å². The van der Waals surface area contributed by atoms with Crippen LogP contribution in [0.25, 0.3) is 0 Å². The molecule has 0 amide bonds. The molecule has 0 aliphatic rings. The van der Waals surface area contributed by atoms with Crippen LogP contribution in [0.4, 0.5) is 0 Å². The first kappa shape index (κ1) is 11.7. The van der Waals surface area contributed by atoms with E-state index in [9.17, 15) is 13.2 Å². The molecule has 0 aromatic heterocycles. The van der Waals surface area contributed by atoms with Gasteiger partial charge in [-0.15, -0.1) is 0 Å². The quantitative estimate of drug-likeness (QED) is 0.784. The van der Waals surface area contributed by atoms with E-state index in [1.165, 1.54) is 12.1 Å². The molecule has 0 bridgehead atoms. The van der Waals surface area contributed by atoms with E-state index in [0.717, 1.165) is 6.26 Å². The molecular weight excluding hydrogens is 218 g/mol. The van der Waals surface area contributed by atoms with Gasteiger partial charge in [0.1, 0.15) is 0 Å². The standard InChI is InChI=1S/C9H11NO4S/c1-15(13,14)10-6-7-3-2-4-8(5-7)9(11)12/h2-5,10H,6H2,1H3,(H,11,12). The van der Waals surface area contributed by atoms with Gasteiger partial charge in [0.25, 0.3) is 0 Å². The lowest BCUT2D eigenvalue weighted by atomic mass is 10.1. The van der Waals surface area contributed by atoms with Gasteiger partial charge < -0.3 is 5.11 Å². The van der Waals surface area contributed by atoms with Crippen LogP contribution in [0, 0.1) is 0 Å². The van der Waals surface area contributed by atoms with E-state index in [4.69, 9.17) is 5.11 Å². The van der Waals surface area contributed by atoms with Crippen LogP contribution in [0.1, 0.15) is 15.9 Å². The van der Waals surface area contributed by atoms with Crippen molar-refractivity contribution in [2.75, 3.05) is 6.26 Å². The van der Waals surface area contributed by atoms with E-state index in [1.807, 2.05) is 0 Å². The number of carboxylic acid groups (broad SMARTS) is 1. The molecule has 82 valence electrons. The van der Waals surface area contributed by atoms with Gasteiger partial charge in [-0.05, 0) is 17.7 Å². The summed E-state index contributed by atoms with van der Waals surface area (Å²) in [5.41, 5.74) is 0.753. The first-order valence-corrected chi connectivity index (χ1v) is 6.04. The van der Waals surface area contributed by atoms with E-state index < -0.39 is 16.0 Å². The van der Waals surface area contributed by atoms with Gasteiger partial charge in [0, 0.05) is 6.54 Å². The Morgan fingerprint density at radius 2 is 2.13 bits per heavy atom. The minimum Gasteiger partial charge on any atom is -0.478 e. The van der Waals surface area contributed by atoms with Gasteiger partial charge in [-0.3, -0.25) is 0 Å². The molecule has 0 unspecified atom stereocenters. The van der Waals surface area contributed by atoms with E-state index in [1.54, 1.807) is 12.1 Å². The molecular formula is C9H11NO4S. The van der Waals surface area contributed by atoms with Crippen molar-refractivity contribution in [2.45, 2.75) is 6.54 Å². The summed E-state index contributed by atoms with van der Waals surface area (Å²) < 4.78 is 23.9. The van der Waals surface area contributed by atoms with Crippen molar-refractivity contribution in [3.8, 4) is 0 Å². The zero-order valence-corrected chi connectivity index (χ0v) is 8.91. The van der Waals surface area contributed by atoms with Crippen LogP contribution < -0.4 is 4.72 Å². The molecule has 1 aromatic rings. The van der Waals surface area contributed by atoms with Crippen LogP contribution in [0.3, 0.4) is 0 Å². The van der Waals surface area contributed by atoms with Crippen molar-refractivity contribution in [3.63, 3.8) is 0 Å². The average molecular weight is 229 g/mol. The highest BCUT2D eigenvalue weighted by Crippen LogP contribution is 2.05. The third-order valence-electron chi connectivity index (χ3n) is 1.71. The second-order valence-corrected chi connectivity index (χ2v) is 4.93. The number of hydrogen-bond acceptors (Lipinski definition) is 3. The zero-order valence-electron chi connectivity index (χ0n) is 8.10.